The van der Waals surface area contributed by atoms with E-state index in [2.05, 4.69) is 22.1 Å². The lowest BCUT2D eigenvalue weighted by Crippen LogP contribution is -2.27. The number of amides is 1. The summed E-state index contributed by atoms with van der Waals surface area (Å²) in [6.07, 6.45) is 3.52. The van der Waals surface area contributed by atoms with E-state index in [-0.39, 0.29) is 5.91 Å². The summed E-state index contributed by atoms with van der Waals surface area (Å²) in [6.45, 7) is 3.63. The predicted octanol–water partition coefficient (Wildman–Crippen LogP) is 4.35. The highest BCUT2D eigenvalue weighted by atomic mass is 16.5. The lowest BCUT2D eigenvalue weighted by molar-refractivity contribution is 0.0784. The standard InChI is InChI=1S/C24H23N3O2/c1-3-29-22-12-20(14-26-23(22)17-8-5-4-6-9-17)24(28)27(2)16-19-11-7-10-18-13-25-15-21(18)19/h4-14H,3,15-16H2,1-2H3. The molecule has 0 saturated heterocycles. The molecule has 1 aliphatic rings. The van der Waals surface area contributed by atoms with E-state index in [1.807, 2.05) is 56.6 Å². The van der Waals surface area contributed by atoms with Crippen molar-refractivity contribution in [1.29, 1.82) is 0 Å². The molecule has 0 unspecified atom stereocenters. The van der Waals surface area contributed by atoms with Crippen LogP contribution < -0.4 is 4.74 Å². The summed E-state index contributed by atoms with van der Waals surface area (Å²) in [6, 6.07) is 17.7. The molecule has 0 saturated carbocycles. The third-order valence-corrected chi connectivity index (χ3v) is 4.99. The molecule has 5 heteroatoms. The minimum atomic E-state index is -0.0883. The summed E-state index contributed by atoms with van der Waals surface area (Å²) in [4.78, 5) is 23.6. The molecular weight excluding hydrogens is 362 g/mol. The highest BCUT2D eigenvalue weighted by Crippen LogP contribution is 2.29. The van der Waals surface area contributed by atoms with Crippen molar-refractivity contribution < 1.29 is 9.53 Å². The van der Waals surface area contributed by atoms with Crippen LogP contribution in [-0.4, -0.2) is 35.7 Å². The van der Waals surface area contributed by atoms with Crippen LogP contribution in [0.5, 0.6) is 5.75 Å². The van der Waals surface area contributed by atoms with Gasteiger partial charge in [0.15, 0.2) is 0 Å². The Morgan fingerprint density at radius 3 is 2.76 bits per heavy atom. The maximum Gasteiger partial charge on any atom is 0.255 e. The number of aromatic nitrogens is 1. The van der Waals surface area contributed by atoms with E-state index in [1.54, 1.807) is 17.2 Å². The Labute approximate surface area is 170 Å². The zero-order valence-corrected chi connectivity index (χ0v) is 16.6. The Morgan fingerprint density at radius 1 is 1.14 bits per heavy atom. The summed E-state index contributed by atoms with van der Waals surface area (Å²) in [7, 11) is 1.81. The molecule has 0 radical (unpaired) electrons. The second kappa shape index (κ2) is 8.27. The SMILES string of the molecule is CCOc1cc(C(=O)N(C)Cc2cccc3c2CN=C3)cnc1-c1ccccc1. The van der Waals surface area contributed by atoms with Crippen LogP contribution in [0.4, 0.5) is 0 Å². The van der Waals surface area contributed by atoms with Gasteiger partial charge in [0.05, 0.1) is 18.7 Å². The molecular formula is C24H23N3O2. The molecule has 2 heterocycles. The normalized spacial score (nSPS) is 11.9. The van der Waals surface area contributed by atoms with Crippen molar-refractivity contribution in [2.45, 2.75) is 20.0 Å². The van der Waals surface area contributed by atoms with E-state index in [0.717, 1.165) is 22.4 Å². The first-order valence-electron chi connectivity index (χ1n) is 9.71. The lowest BCUT2D eigenvalue weighted by Gasteiger charge is -2.20. The van der Waals surface area contributed by atoms with Crippen molar-refractivity contribution in [1.82, 2.24) is 9.88 Å². The molecule has 1 aromatic heterocycles. The molecule has 0 aliphatic carbocycles. The second-order valence-electron chi connectivity index (χ2n) is 6.99. The molecule has 1 amide bonds. The third-order valence-electron chi connectivity index (χ3n) is 4.99. The maximum atomic E-state index is 13.1. The smallest absolute Gasteiger partial charge is 0.255 e. The van der Waals surface area contributed by atoms with Crippen LogP contribution in [-0.2, 0) is 13.1 Å². The first-order valence-corrected chi connectivity index (χ1v) is 9.71. The molecule has 1 aliphatic heterocycles. The number of fused-ring (bicyclic) bond motifs is 1. The van der Waals surface area contributed by atoms with Gasteiger partial charge in [-0.2, -0.15) is 0 Å². The monoisotopic (exact) mass is 385 g/mol. The summed E-state index contributed by atoms with van der Waals surface area (Å²) in [5, 5.41) is 0. The molecule has 3 aromatic rings. The molecule has 146 valence electrons. The van der Waals surface area contributed by atoms with E-state index in [4.69, 9.17) is 4.74 Å². The second-order valence-corrected chi connectivity index (χ2v) is 6.99. The zero-order valence-electron chi connectivity index (χ0n) is 16.6. The van der Waals surface area contributed by atoms with Crippen molar-refractivity contribution in [3.63, 3.8) is 0 Å². The van der Waals surface area contributed by atoms with E-state index in [1.165, 1.54) is 5.56 Å². The van der Waals surface area contributed by atoms with Gasteiger partial charge >= 0.3 is 0 Å². The Morgan fingerprint density at radius 2 is 1.97 bits per heavy atom. The number of hydrogen-bond acceptors (Lipinski definition) is 4. The fraction of sp³-hybridized carbons (Fsp3) is 0.208. The first kappa shape index (κ1) is 18.9. The molecule has 0 N–H and O–H groups in total. The summed E-state index contributed by atoms with van der Waals surface area (Å²) >= 11 is 0. The van der Waals surface area contributed by atoms with Crippen LogP contribution in [0, 0.1) is 0 Å². The highest BCUT2D eigenvalue weighted by Gasteiger charge is 2.19. The predicted molar refractivity (Wildman–Crippen MR) is 114 cm³/mol. The zero-order chi connectivity index (χ0) is 20.2. The van der Waals surface area contributed by atoms with E-state index in [0.29, 0.717) is 31.0 Å². The molecule has 4 rings (SSSR count). The Kier molecular flexibility index (Phi) is 5.38. The summed E-state index contributed by atoms with van der Waals surface area (Å²) in [5.41, 5.74) is 5.66. The van der Waals surface area contributed by atoms with Gasteiger partial charge in [-0.15, -0.1) is 0 Å². The van der Waals surface area contributed by atoms with Gasteiger partial charge in [-0.1, -0.05) is 48.5 Å². The van der Waals surface area contributed by atoms with E-state index in [9.17, 15) is 4.79 Å². The molecule has 0 fully saturated rings. The van der Waals surface area contributed by atoms with Crippen molar-refractivity contribution >= 4 is 12.1 Å². The summed E-state index contributed by atoms with van der Waals surface area (Å²) in [5.74, 6) is 0.529. The fourth-order valence-electron chi connectivity index (χ4n) is 3.54. The molecule has 2 aromatic carbocycles. The van der Waals surface area contributed by atoms with E-state index >= 15 is 0 Å². The van der Waals surface area contributed by atoms with Crippen molar-refractivity contribution in [3.8, 4) is 17.0 Å². The number of carbonyl (C=O) groups excluding carboxylic acids is 1. The average Bonchev–Trinajstić information content (AvgIpc) is 3.24. The largest absolute Gasteiger partial charge is 0.492 e. The molecule has 0 bridgehead atoms. The van der Waals surface area contributed by atoms with Crippen LogP contribution in [0.15, 0.2) is 65.8 Å². The van der Waals surface area contributed by atoms with Gasteiger partial charge in [-0.3, -0.25) is 14.8 Å². The number of pyridine rings is 1. The average molecular weight is 385 g/mol. The number of rotatable bonds is 6. The molecule has 29 heavy (non-hydrogen) atoms. The summed E-state index contributed by atoms with van der Waals surface area (Å²) < 4.78 is 5.79. The van der Waals surface area contributed by atoms with Gasteiger partial charge in [-0.05, 0) is 29.7 Å². The van der Waals surface area contributed by atoms with Gasteiger partial charge in [0.25, 0.3) is 5.91 Å². The Bertz CT molecular complexity index is 1060. The quantitative estimate of drug-likeness (QED) is 0.634. The lowest BCUT2D eigenvalue weighted by atomic mass is 10.0. The minimum Gasteiger partial charge on any atom is -0.492 e. The van der Waals surface area contributed by atoms with Crippen LogP contribution in [0.1, 0.15) is 34.0 Å². The number of carbonyl (C=O) groups is 1. The first-order chi connectivity index (χ1) is 14.2. The third kappa shape index (κ3) is 3.90. The Balaban J connectivity index is 1.58. The van der Waals surface area contributed by atoms with E-state index < -0.39 is 0 Å². The van der Waals surface area contributed by atoms with Crippen LogP contribution in [0.3, 0.4) is 0 Å². The topological polar surface area (TPSA) is 54.8 Å². The van der Waals surface area contributed by atoms with Crippen LogP contribution in [0.2, 0.25) is 0 Å². The maximum absolute atomic E-state index is 13.1. The van der Waals surface area contributed by atoms with Gasteiger partial charge in [0, 0.05) is 31.6 Å². The van der Waals surface area contributed by atoms with Gasteiger partial charge in [-0.25, -0.2) is 0 Å². The van der Waals surface area contributed by atoms with Crippen LogP contribution >= 0.6 is 0 Å². The van der Waals surface area contributed by atoms with Gasteiger partial charge in [0.1, 0.15) is 11.4 Å². The number of aliphatic imine (C=N–C) groups is 1. The Hall–Kier alpha value is -3.47. The number of nitrogens with zero attached hydrogens (tertiary/aromatic N) is 3. The molecule has 5 nitrogen and oxygen atoms in total. The van der Waals surface area contributed by atoms with Crippen molar-refractivity contribution in [3.05, 3.63) is 83.0 Å². The van der Waals surface area contributed by atoms with Crippen molar-refractivity contribution in [2.75, 3.05) is 13.7 Å². The van der Waals surface area contributed by atoms with Gasteiger partial charge < -0.3 is 9.64 Å². The number of hydrogen-bond donors (Lipinski definition) is 0. The van der Waals surface area contributed by atoms with Gasteiger partial charge in [0.2, 0.25) is 0 Å². The number of benzene rings is 2. The highest BCUT2D eigenvalue weighted by molar-refractivity contribution is 5.95. The molecule has 0 atom stereocenters. The van der Waals surface area contributed by atoms with Crippen LogP contribution in [0.25, 0.3) is 11.3 Å². The van der Waals surface area contributed by atoms with Crippen molar-refractivity contribution in [2.24, 2.45) is 4.99 Å². The number of ether oxygens (including phenoxy) is 1. The molecule has 0 spiro atoms. The fourth-order valence-corrected chi connectivity index (χ4v) is 3.54. The minimum absolute atomic E-state index is 0.0883.